The van der Waals surface area contributed by atoms with Crippen molar-refractivity contribution in [2.24, 2.45) is 0 Å². The molecule has 4 nitrogen and oxygen atoms in total. The Kier molecular flexibility index (Phi) is 5.74. The third-order valence-corrected chi connectivity index (χ3v) is 4.37. The Bertz CT molecular complexity index is 831. The minimum absolute atomic E-state index is 0.176. The van der Waals surface area contributed by atoms with Gasteiger partial charge in [0.05, 0.1) is 0 Å². The van der Waals surface area contributed by atoms with Crippen LogP contribution in [0.2, 0.25) is 0 Å². The van der Waals surface area contributed by atoms with Crippen LogP contribution in [0.15, 0.2) is 85.2 Å². The van der Waals surface area contributed by atoms with Crippen molar-refractivity contribution in [1.82, 2.24) is 9.88 Å². The smallest absolute Gasteiger partial charge is 0.185 e. The van der Waals surface area contributed by atoms with Gasteiger partial charge in [0.1, 0.15) is 5.84 Å². The molecule has 0 aliphatic carbocycles. The zero-order valence-electron chi connectivity index (χ0n) is 14.4. The Hall–Kier alpha value is -3.45. The first-order chi connectivity index (χ1) is 12.8. The van der Waals surface area contributed by atoms with Crippen molar-refractivity contribution in [3.8, 4) is 6.19 Å². The van der Waals surface area contributed by atoms with E-state index < -0.39 is 0 Å². The highest BCUT2D eigenvalue weighted by atomic mass is 15.2. The number of aromatic nitrogens is 1. The van der Waals surface area contributed by atoms with Gasteiger partial charge in [-0.1, -0.05) is 60.7 Å². The van der Waals surface area contributed by atoms with Gasteiger partial charge in [0.15, 0.2) is 6.19 Å². The summed E-state index contributed by atoms with van der Waals surface area (Å²) in [5.74, 6) is 0.357. The summed E-state index contributed by atoms with van der Waals surface area (Å²) in [7, 11) is 0. The topological polar surface area (TPSA) is 63.8 Å². The van der Waals surface area contributed by atoms with Gasteiger partial charge in [0.25, 0.3) is 0 Å². The van der Waals surface area contributed by atoms with Crippen LogP contribution >= 0.6 is 0 Å². The number of hydrogen-bond acceptors (Lipinski definition) is 3. The first-order valence-corrected chi connectivity index (χ1v) is 8.55. The van der Waals surface area contributed by atoms with E-state index >= 15 is 0 Å². The summed E-state index contributed by atoms with van der Waals surface area (Å²) in [5.41, 5.74) is 3.07. The minimum Gasteiger partial charge on any atom is -0.283 e. The molecule has 0 aliphatic rings. The molecule has 128 valence electrons. The molecule has 0 bridgehead atoms. The fourth-order valence-corrected chi connectivity index (χ4v) is 3.03. The second kappa shape index (κ2) is 8.59. The summed E-state index contributed by atoms with van der Waals surface area (Å²) in [6.07, 6.45) is 6.15. The van der Waals surface area contributed by atoms with Gasteiger partial charge < -0.3 is 0 Å². The van der Waals surface area contributed by atoms with Gasteiger partial charge in [-0.15, -0.1) is 0 Å². The van der Waals surface area contributed by atoms with Gasteiger partial charge in [-0.25, -0.2) is 0 Å². The van der Waals surface area contributed by atoms with E-state index in [4.69, 9.17) is 5.41 Å². The third kappa shape index (κ3) is 4.14. The number of benzene rings is 2. The highest BCUT2D eigenvalue weighted by molar-refractivity contribution is 5.96. The highest BCUT2D eigenvalue weighted by Crippen LogP contribution is 2.28. The molecule has 0 radical (unpaired) electrons. The van der Waals surface area contributed by atoms with E-state index in [1.807, 2.05) is 36.4 Å². The lowest BCUT2D eigenvalue weighted by Crippen LogP contribution is -2.28. The van der Waals surface area contributed by atoms with Crippen molar-refractivity contribution < 1.29 is 0 Å². The first-order valence-electron chi connectivity index (χ1n) is 8.55. The highest BCUT2D eigenvalue weighted by Gasteiger charge is 2.18. The van der Waals surface area contributed by atoms with Crippen LogP contribution in [-0.2, 0) is 0 Å². The van der Waals surface area contributed by atoms with Gasteiger partial charge in [0.2, 0.25) is 0 Å². The molecule has 0 spiro atoms. The predicted molar refractivity (Wildman–Crippen MR) is 103 cm³/mol. The van der Waals surface area contributed by atoms with Crippen LogP contribution in [-0.4, -0.2) is 22.3 Å². The molecule has 0 fully saturated rings. The maximum absolute atomic E-state index is 9.53. The summed E-state index contributed by atoms with van der Waals surface area (Å²) >= 11 is 0. The second-order valence-corrected chi connectivity index (χ2v) is 6.00. The largest absolute Gasteiger partial charge is 0.283 e. The zero-order chi connectivity index (χ0) is 18.2. The molecule has 3 rings (SSSR count). The van der Waals surface area contributed by atoms with Gasteiger partial charge in [-0.2, -0.15) is 5.26 Å². The summed E-state index contributed by atoms with van der Waals surface area (Å²) < 4.78 is 0. The maximum Gasteiger partial charge on any atom is 0.185 e. The Morgan fingerprint density at radius 2 is 1.58 bits per heavy atom. The molecule has 1 aromatic heterocycles. The molecular weight excluding hydrogens is 320 g/mol. The number of nitriles is 1. The van der Waals surface area contributed by atoms with E-state index in [9.17, 15) is 5.26 Å². The first kappa shape index (κ1) is 17.4. The molecule has 0 aliphatic heterocycles. The molecule has 0 saturated carbocycles. The van der Waals surface area contributed by atoms with E-state index in [0.29, 0.717) is 12.1 Å². The normalized spacial score (nSPS) is 10.3. The number of amidine groups is 1. The Balaban J connectivity index is 1.79. The van der Waals surface area contributed by atoms with Crippen LogP contribution in [0.4, 0.5) is 0 Å². The second-order valence-electron chi connectivity index (χ2n) is 6.00. The summed E-state index contributed by atoms with van der Waals surface area (Å²) in [6, 6.07) is 24.2. The molecule has 1 heterocycles. The van der Waals surface area contributed by atoms with Crippen molar-refractivity contribution in [3.63, 3.8) is 0 Å². The van der Waals surface area contributed by atoms with E-state index in [1.165, 1.54) is 16.0 Å². The fourth-order valence-electron chi connectivity index (χ4n) is 3.03. The Morgan fingerprint density at radius 3 is 2.08 bits per heavy atom. The van der Waals surface area contributed by atoms with Crippen LogP contribution in [0, 0.1) is 16.9 Å². The molecule has 0 saturated heterocycles. The molecule has 0 atom stereocenters. The van der Waals surface area contributed by atoms with Crippen LogP contribution < -0.4 is 0 Å². The van der Waals surface area contributed by atoms with Crippen molar-refractivity contribution >= 4 is 5.84 Å². The lowest BCUT2D eigenvalue weighted by molar-refractivity contribution is 0.522. The minimum atomic E-state index is 0.176. The van der Waals surface area contributed by atoms with E-state index in [2.05, 4.69) is 35.4 Å². The lowest BCUT2D eigenvalue weighted by atomic mass is 9.88. The van der Waals surface area contributed by atoms with Crippen LogP contribution in [0.5, 0.6) is 0 Å². The Morgan fingerprint density at radius 1 is 0.962 bits per heavy atom. The lowest BCUT2D eigenvalue weighted by Gasteiger charge is -2.22. The van der Waals surface area contributed by atoms with Crippen molar-refractivity contribution in [1.29, 1.82) is 10.7 Å². The van der Waals surface area contributed by atoms with E-state index in [1.54, 1.807) is 24.5 Å². The summed E-state index contributed by atoms with van der Waals surface area (Å²) in [6.45, 7) is 0.471. The van der Waals surface area contributed by atoms with Crippen molar-refractivity contribution in [2.45, 2.75) is 12.3 Å². The maximum atomic E-state index is 9.53. The van der Waals surface area contributed by atoms with Gasteiger partial charge in [-0.05, 0) is 29.7 Å². The van der Waals surface area contributed by atoms with Crippen LogP contribution in [0.25, 0.3) is 0 Å². The monoisotopic (exact) mass is 340 g/mol. The SMILES string of the molecule is N#CN(CCC(c1ccccc1)c1ccccc1)C(=N)c1cccnc1. The molecule has 0 amide bonds. The molecular formula is C22H20N4. The number of pyridine rings is 1. The van der Waals surface area contributed by atoms with E-state index in [-0.39, 0.29) is 11.8 Å². The number of nitrogens with one attached hydrogen (secondary N) is 1. The van der Waals surface area contributed by atoms with Crippen molar-refractivity contribution in [3.05, 3.63) is 102 Å². The van der Waals surface area contributed by atoms with Crippen LogP contribution in [0.3, 0.4) is 0 Å². The van der Waals surface area contributed by atoms with Crippen molar-refractivity contribution in [2.75, 3.05) is 6.54 Å². The third-order valence-electron chi connectivity index (χ3n) is 4.37. The predicted octanol–water partition coefficient (Wildman–Crippen LogP) is 4.41. The molecule has 0 unspecified atom stereocenters. The van der Waals surface area contributed by atoms with Gasteiger partial charge >= 0.3 is 0 Å². The average Bonchev–Trinajstić information content (AvgIpc) is 2.73. The number of hydrogen-bond donors (Lipinski definition) is 1. The summed E-state index contributed by atoms with van der Waals surface area (Å²) in [4.78, 5) is 5.46. The quantitative estimate of drug-likeness (QED) is 0.313. The molecule has 1 N–H and O–H groups in total. The van der Waals surface area contributed by atoms with Crippen LogP contribution in [0.1, 0.15) is 29.0 Å². The molecule has 4 heteroatoms. The molecule has 26 heavy (non-hydrogen) atoms. The summed E-state index contributed by atoms with van der Waals surface area (Å²) in [5, 5.41) is 17.8. The number of nitrogens with zero attached hydrogens (tertiary/aromatic N) is 3. The molecule has 3 aromatic rings. The average molecular weight is 340 g/mol. The standard InChI is InChI=1S/C22H20N4/c23-17-26(22(24)20-12-7-14-25-16-20)15-13-21(18-8-3-1-4-9-18)19-10-5-2-6-11-19/h1-12,14,16,21,24H,13,15H2. The Labute approximate surface area is 153 Å². The van der Waals surface area contributed by atoms with Gasteiger partial charge in [0, 0.05) is 30.4 Å². The number of rotatable bonds is 6. The molecule has 2 aromatic carbocycles. The zero-order valence-corrected chi connectivity index (χ0v) is 14.4. The fraction of sp³-hybridized carbons (Fsp3) is 0.136. The van der Waals surface area contributed by atoms with E-state index in [0.717, 1.165) is 6.42 Å². The van der Waals surface area contributed by atoms with Gasteiger partial charge in [-0.3, -0.25) is 15.3 Å².